The van der Waals surface area contributed by atoms with E-state index in [1.54, 1.807) is 6.92 Å². The molecule has 0 saturated heterocycles. The summed E-state index contributed by atoms with van der Waals surface area (Å²) in [4.78, 5) is 0. The number of likely N-dealkylation sites (N-methyl/N-ethyl adjacent to an activating group) is 1. The molecule has 0 aliphatic rings. The largest absolute Gasteiger partial charge is 0.481 e. The van der Waals surface area contributed by atoms with Gasteiger partial charge in [-0.15, -0.1) is 5.92 Å². The van der Waals surface area contributed by atoms with E-state index in [4.69, 9.17) is 10.5 Å². The third kappa shape index (κ3) is 5.19. The van der Waals surface area contributed by atoms with Gasteiger partial charge in [-0.2, -0.15) is 0 Å². The Morgan fingerprint density at radius 2 is 2.09 bits per heavy atom. The maximum atomic E-state index is 5.80. The molecule has 4 nitrogen and oxygen atoms in total. The second kappa shape index (κ2) is 9.54. The predicted octanol–water partition coefficient (Wildman–Crippen LogP) is 2.10. The first kappa shape index (κ1) is 17.7. The van der Waals surface area contributed by atoms with Crippen molar-refractivity contribution in [2.75, 3.05) is 20.2 Å². The molecule has 0 spiro atoms. The van der Waals surface area contributed by atoms with E-state index in [-0.39, 0.29) is 6.04 Å². The summed E-state index contributed by atoms with van der Waals surface area (Å²) in [5, 5.41) is 6.44. The zero-order valence-electron chi connectivity index (χ0n) is 13.6. The molecule has 0 radical (unpaired) electrons. The van der Waals surface area contributed by atoms with Crippen LogP contribution in [0.3, 0.4) is 0 Å². The van der Waals surface area contributed by atoms with Crippen LogP contribution >= 0.6 is 0 Å². The first-order valence-electron chi connectivity index (χ1n) is 7.28. The maximum Gasteiger partial charge on any atom is 0.149 e. The zero-order valence-corrected chi connectivity index (χ0v) is 13.6. The molecule has 0 bridgehead atoms. The van der Waals surface area contributed by atoms with E-state index in [0.717, 1.165) is 22.7 Å². The highest BCUT2D eigenvalue weighted by Crippen LogP contribution is 2.18. The Balaban J connectivity index is 2.78. The molecule has 0 heterocycles. The highest BCUT2D eigenvalue weighted by molar-refractivity contribution is 5.64. The van der Waals surface area contributed by atoms with Crippen LogP contribution in [0.4, 0.5) is 0 Å². The van der Waals surface area contributed by atoms with Crippen molar-refractivity contribution in [3.8, 4) is 17.6 Å². The third-order valence-corrected chi connectivity index (χ3v) is 3.25. The van der Waals surface area contributed by atoms with Crippen molar-refractivity contribution in [3.63, 3.8) is 0 Å². The van der Waals surface area contributed by atoms with Crippen molar-refractivity contribution in [1.29, 1.82) is 0 Å². The molecule has 4 heteroatoms. The fourth-order valence-corrected chi connectivity index (χ4v) is 1.91. The van der Waals surface area contributed by atoms with Gasteiger partial charge in [0.1, 0.15) is 12.4 Å². The van der Waals surface area contributed by atoms with Gasteiger partial charge >= 0.3 is 0 Å². The highest BCUT2D eigenvalue weighted by Gasteiger charge is 2.11. The van der Waals surface area contributed by atoms with Crippen LogP contribution in [0.2, 0.25) is 0 Å². The topological polar surface area (TPSA) is 59.3 Å². The number of nitrogens with two attached hydrogens (primary N) is 1. The fourth-order valence-electron chi connectivity index (χ4n) is 1.91. The van der Waals surface area contributed by atoms with Gasteiger partial charge in [-0.05, 0) is 43.7 Å². The van der Waals surface area contributed by atoms with Crippen LogP contribution in [0, 0.1) is 11.8 Å². The molecule has 1 aromatic carbocycles. The lowest BCUT2D eigenvalue weighted by molar-refractivity contribution is 0.370. The minimum atomic E-state index is -0.0213. The van der Waals surface area contributed by atoms with Crippen molar-refractivity contribution >= 4 is 5.70 Å². The number of hydrogen-bond acceptors (Lipinski definition) is 4. The molecule has 0 fully saturated rings. The molecular weight excluding hydrogens is 274 g/mol. The average Bonchev–Trinajstić information content (AvgIpc) is 2.56. The van der Waals surface area contributed by atoms with Crippen LogP contribution < -0.4 is 21.1 Å². The molecule has 118 valence electrons. The second-order valence-corrected chi connectivity index (χ2v) is 4.65. The SMILES string of the molecule is C=C(NC)C(CN)N/C(=C/C)c1ccc(OCC#CC)cc1. The van der Waals surface area contributed by atoms with E-state index in [1.807, 2.05) is 44.3 Å². The highest BCUT2D eigenvalue weighted by atomic mass is 16.5. The molecule has 22 heavy (non-hydrogen) atoms. The van der Waals surface area contributed by atoms with Gasteiger partial charge in [0.15, 0.2) is 0 Å². The predicted molar refractivity (Wildman–Crippen MR) is 93.2 cm³/mol. The zero-order chi connectivity index (χ0) is 16.4. The molecular formula is C18H25N3O. The summed E-state index contributed by atoms with van der Waals surface area (Å²) in [5.41, 5.74) is 8.73. The summed E-state index contributed by atoms with van der Waals surface area (Å²) in [6.45, 7) is 8.62. The molecule has 0 aliphatic carbocycles. The summed E-state index contributed by atoms with van der Waals surface area (Å²) in [7, 11) is 1.84. The average molecular weight is 299 g/mol. The first-order chi connectivity index (χ1) is 10.7. The second-order valence-electron chi connectivity index (χ2n) is 4.65. The van der Waals surface area contributed by atoms with E-state index in [0.29, 0.717) is 13.2 Å². The smallest absolute Gasteiger partial charge is 0.149 e. The molecule has 0 aromatic heterocycles. The van der Waals surface area contributed by atoms with Crippen LogP contribution in [0.5, 0.6) is 5.75 Å². The minimum Gasteiger partial charge on any atom is -0.481 e. The minimum absolute atomic E-state index is 0.0213. The van der Waals surface area contributed by atoms with Crippen molar-refractivity contribution in [3.05, 3.63) is 48.2 Å². The van der Waals surface area contributed by atoms with Crippen LogP contribution in [0.15, 0.2) is 42.6 Å². The van der Waals surface area contributed by atoms with Crippen molar-refractivity contribution in [1.82, 2.24) is 10.6 Å². The Bertz CT molecular complexity index is 564. The van der Waals surface area contributed by atoms with Crippen LogP contribution in [-0.2, 0) is 0 Å². The fraction of sp³-hybridized carbons (Fsp3) is 0.333. The summed E-state index contributed by atoms with van der Waals surface area (Å²) in [5.74, 6) is 6.47. The summed E-state index contributed by atoms with van der Waals surface area (Å²) >= 11 is 0. The van der Waals surface area contributed by atoms with E-state index in [2.05, 4.69) is 29.1 Å². The Morgan fingerprint density at radius 3 is 2.59 bits per heavy atom. The van der Waals surface area contributed by atoms with Gasteiger partial charge in [-0.25, -0.2) is 0 Å². The van der Waals surface area contributed by atoms with Crippen molar-refractivity contribution < 1.29 is 4.74 Å². The molecule has 1 rings (SSSR count). The van der Waals surface area contributed by atoms with Gasteiger partial charge in [0.2, 0.25) is 0 Å². The van der Waals surface area contributed by atoms with Gasteiger partial charge in [-0.1, -0.05) is 18.6 Å². The summed E-state index contributed by atoms with van der Waals surface area (Å²) in [6, 6.07) is 7.86. The molecule has 0 saturated carbocycles. The summed E-state index contributed by atoms with van der Waals surface area (Å²) < 4.78 is 5.52. The first-order valence-corrected chi connectivity index (χ1v) is 7.28. The number of ether oxygens (including phenoxy) is 1. The lowest BCUT2D eigenvalue weighted by Gasteiger charge is -2.22. The number of rotatable bonds is 8. The molecule has 1 atom stereocenters. The number of benzene rings is 1. The van der Waals surface area contributed by atoms with E-state index < -0.39 is 0 Å². The molecule has 4 N–H and O–H groups in total. The summed E-state index contributed by atoms with van der Waals surface area (Å²) in [6.07, 6.45) is 2.02. The monoisotopic (exact) mass is 299 g/mol. The number of nitrogens with one attached hydrogen (secondary N) is 2. The molecule has 1 unspecified atom stereocenters. The quantitative estimate of drug-likeness (QED) is 0.643. The van der Waals surface area contributed by atoms with Gasteiger partial charge < -0.3 is 21.1 Å². The maximum absolute atomic E-state index is 5.80. The van der Waals surface area contributed by atoms with E-state index in [1.165, 1.54) is 0 Å². The van der Waals surface area contributed by atoms with Gasteiger partial charge in [0.05, 0.1) is 6.04 Å². The standard InChI is InChI=1S/C18H25N3O/c1-5-7-12-22-16-10-8-15(9-11-16)17(6-2)21-18(13-19)14(3)20-4/h6,8-11,18,20-21H,3,12-13,19H2,1-2,4H3/b17-6+. The van der Waals surface area contributed by atoms with E-state index in [9.17, 15) is 0 Å². The number of allylic oxidation sites excluding steroid dienone is 1. The molecule has 0 amide bonds. The Kier molecular flexibility index (Phi) is 7.66. The van der Waals surface area contributed by atoms with Crippen LogP contribution in [0.25, 0.3) is 5.70 Å². The van der Waals surface area contributed by atoms with Gasteiger partial charge in [0.25, 0.3) is 0 Å². The molecule has 0 aliphatic heterocycles. The lowest BCUT2D eigenvalue weighted by Crippen LogP contribution is -2.39. The lowest BCUT2D eigenvalue weighted by atomic mass is 10.1. The van der Waals surface area contributed by atoms with Crippen molar-refractivity contribution in [2.45, 2.75) is 19.9 Å². The third-order valence-electron chi connectivity index (χ3n) is 3.25. The van der Waals surface area contributed by atoms with Crippen molar-refractivity contribution in [2.24, 2.45) is 5.73 Å². The van der Waals surface area contributed by atoms with Gasteiger partial charge in [0, 0.05) is 25.0 Å². The van der Waals surface area contributed by atoms with E-state index >= 15 is 0 Å². The van der Waals surface area contributed by atoms with Crippen LogP contribution in [-0.4, -0.2) is 26.2 Å². The normalized spacial score (nSPS) is 11.9. The van der Waals surface area contributed by atoms with Crippen LogP contribution in [0.1, 0.15) is 19.4 Å². The Morgan fingerprint density at radius 1 is 1.41 bits per heavy atom. The molecule has 1 aromatic rings. The van der Waals surface area contributed by atoms with Gasteiger partial charge in [-0.3, -0.25) is 0 Å². The number of hydrogen-bond donors (Lipinski definition) is 3. The Labute approximate surface area is 133 Å². The Hall–Kier alpha value is -2.38.